The van der Waals surface area contributed by atoms with Crippen LogP contribution in [0.4, 0.5) is 11.4 Å². The predicted molar refractivity (Wildman–Crippen MR) is 115 cm³/mol. The van der Waals surface area contributed by atoms with Gasteiger partial charge in [-0.25, -0.2) is 9.13 Å². The summed E-state index contributed by atoms with van der Waals surface area (Å²) in [5, 5.41) is 5.65. The number of carbonyl (C=O) groups excluding carboxylic acids is 3. The fourth-order valence-electron chi connectivity index (χ4n) is 2.40. The van der Waals surface area contributed by atoms with Gasteiger partial charge < -0.3 is 27.9 Å². The summed E-state index contributed by atoms with van der Waals surface area (Å²) in [7, 11) is 3.38. The summed E-state index contributed by atoms with van der Waals surface area (Å²) < 4.78 is 3.46. The Labute approximate surface area is 187 Å². The third kappa shape index (κ3) is 10.1. The molecule has 0 saturated carbocycles. The van der Waals surface area contributed by atoms with Gasteiger partial charge in [0.05, 0.1) is 0 Å². The fourth-order valence-corrected chi connectivity index (χ4v) is 2.40. The molecule has 0 spiro atoms. The Morgan fingerprint density at radius 1 is 0.935 bits per heavy atom. The number of rotatable bonds is 7. The van der Waals surface area contributed by atoms with E-state index in [0.29, 0.717) is 0 Å². The summed E-state index contributed by atoms with van der Waals surface area (Å²) in [6.45, 7) is 0.365. The lowest BCUT2D eigenvalue weighted by Crippen LogP contribution is -3.00. The zero-order valence-corrected chi connectivity index (χ0v) is 18.2. The van der Waals surface area contributed by atoms with Gasteiger partial charge in [-0.2, -0.15) is 0 Å². The molecule has 164 valence electrons. The van der Waals surface area contributed by atoms with Crippen LogP contribution in [-0.2, 0) is 27.5 Å². The van der Waals surface area contributed by atoms with E-state index in [1.165, 1.54) is 4.90 Å². The number of imidazole rings is 1. The normalized spacial score (nSPS) is 9.35. The van der Waals surface area contributed by atoms with Crippen LogP contribution in [0.3, 0.4) is 0 Å². The highest BCUT2D eigenvalue weighted by Crippen LogP contribution is 2.05. The van der Waals surface area contributed by atoms with Crippen molar-refractivity contribution in [2.45, 2.75) is 13.1 Å². The number of carbonyl (C=O) groups is 3. The smallest absolute Gasteiger partial charge is 0.266 e. The van der Waals surface area contributed by atoms with Crippen molar-refractivity contribution in [1.82, 2.24) is 9.47 Å². The first kappa shape index (κ1) is 25.4. The maximum absolute atomic E-state index is 12.0. The molecule has 0 unspecified atom stereocenters. The summed E-state index contributed by atoms with van der Waals surface area (Å²) in [5.74, 6) is -0.245. The SMILES string of the molecule is CN(C)C=O.O=C(Cn1cc[n+](CC(=O)Nc2ccccc2)c1)Nc1ccccc1.[Cl-]. The van der Waals surface area contributed by atoms with Crippen LogP contribution in [-0.4, -0.2) is 41.8 Å². The first-order valence-corrected chi connectivity index (χ1v) is 9.32. The minimum atomic E-state index is -0.123. The third-order valence-corrected chi connectivity index (χ3v) is 3.72. The first-order chi connectivity index (χ1) is 14.5. The molecule has 3 rings (SSSR count). The highest BCUT2D eigenvalue weighted by molar-refractivity contribution is 5.90. The fraction of sp³-hybridized carbons (Fsp3) is 0.182. The van der Waals surface area contributed by atoms with E-state index in [2.05, 4.69) is 10.6 Å². The number of halogens is 1. The molecule has 0 fully saturated rings. The molecule has 0 aliphatic carbocycles. The van der Waals surface area contributed by atoms with Crippen molar-refractivity contribution >= 4 is 29.6 Å². The van der Waals surface area contributed by atoms with Crippen molar-refractivity contribution in [2.24, 2.45) is 0 Å². The van der Waals surface area contributed by atoms with Crippen LogP contribution >= 0.6 is 0 Å². The molecule has 1 aromatic heterocycles. The quantitative estimate of drug-likeness (QED) is 0.354. The number of nitrogens with one attached hydrogen (secondary N) is 2. The molecular formula is C22H26ClN5O3. The van der Waals surface area contributed by atoms with Gasteiger partial charge in [0.1, 0.15) is 12.4 Å². The molecule has 3 amide bonds. The summed E-state index contributed by atoms with van der Waals surface area (Å²) in [6, 6.07) is 18.6. The molecule has 1 heterocycles. The van der Waals surface area contributed by atoms with Crippen LogP contribution in [0.2, 0.25) is 0 Å². The van der Waals surface area contributed by atoms with E-state index in [4.69, 9.17) is 0 Å². The molecular weight excluding hydrogens is 418 g/mol. The first-order valence-electron chi connectivity index (χ1n) is 9.32. The van der Waals surface area contributed by atoms with E-state index in [0.717, 1.165) is 17.8 Å². The van der Waals surface area contributed by atoms with Crippen LogP contribution in [0, 0.1) is 0 Å². The van der Waals surface area contributed by atoms with Gasteiger partial charge in [0.25, 0.3) is 11.8 Å². The molecule has 2 N–H and O–H groups in total. The molecule has 0 bridgehead atoms. The molecule has 0 aliphatic heterocycles. The maximum atomic E-state index is 12.0. The standard InChI is InChI=1S/C19H18N4O2.C3H7NO.ClH/c24-18(20-16-7-3-1-4-8-16)13-22-11-12-23(15-22)14-19(25)21-17-9-5-2-6-10-17;1-4(2)3-5;/h1-12,15H,13-14H2,(H-,20,21,24,25);3H,1-2H3;1H. The predicted octanol–water partition coefficient (Wildman–Crippen LogP) is -1.24. The second-order valence-electron chi connectivity index (χ2n) is 6.66. The van der Waals surface area contributed by atoms with Crippen molar-refractivity contribution in [3.05, 3.63) is 79.4 Å². The minimum absolute atomic E-state index is 0. The number of amides is 3. The average molecular weight is 444 g/mol. The van der Waals surface area contributed by atoms with Crippen molar-refractivity contribution in [2.75, 3.05) is 24.7 Å². The van der Waals surface area contributed by atoms with Crippen molar-refractivity contribution < 1.29 is 31.4 Å². The van der Waals surface area contributed by atoms with Gasteiger partial charge in [0.15, 0.2) is 13.1 Å². The van der Waals surface area contributed by atoms with Crippen LogP contribution < -0.4 is 27.6 Å². The van der Waals surface area contributed by atoms with Crippen LogP contribution in [0.15, 0.2) is 79.4 Å². The van der Waals surface area contributed by atoms with Crippen LogP contribution in [0.1, 0.15) is 0 Å². The molecule has 31 heavy (non-hydrogen) atoms. The molecule has 0 atom stereocenters. The second kappa shape index (κ2) is 13.6. The molecule has 0 saturated heterocycles. The Balaban J connectivity index is 0.000000721. The topological polar surface area (TPSA) is 87.3 Å². The Bertz CT molecular complexity index is 876. The number of benzene rings is 2. The molecule has 0 radical (unpaired) electrons. The lowest BCUT2D eigenvalue weighted by atomic mass is 10.3. The number of anilines is 2. The minimum Gasteiger partial charge on any atom is -1.00 e. The van der Waals surface area contributed by atoms with E-state index >= 15 is 0 Å². The van der Waals surface area contributed by atoms with Crippen molar-refractivity contribution in [1.29, 1.82) is 0 Å². The van der Waals surface area contributed by atoms with Gasteiger partial charge in [-0.3, -0.25) is 14.4 Å². The van der Waals surface area contributed by atoms with Gasteiger partial charge in [-0.1, -0.05) is 36.4 Å². The van der Waals surface area contributed by atoms with Gasteiger partial charge in [0, 0.05) is 25.5 Å². The molecule has 9 heteroatoms. The molecule has 2 aromatic carbocycles. The van der Waals surface area contributed by atoms with Gasteiger partial charge in [0.2, 0.25) is 12.7 Å². The van der Waals surface area contributed by atoms with E-state index in [9.17, 15) is 14.4 Å². The highest BCUT2D eigenvalue weighted by Gasteiger charge is 2.12. The molecule has 3 aromatic rings. The Hall–Kier alpha value is -3.65. The maximum Gasteiger partial charge on any atom is 0.266 e. The van der Waals surface area contributed by atoms with E-state index < -0.39 is 0 Å². The van der Waals surface area contributed by atoms with E-state index in [-0.39, 0.29) is 37.3 Å². The zero-order valence-electron chi connectivity index (χ0n) is 17.4. The zero-order chi connectivity index (χ0) is 21.8. The Kier molecular flexibility index (Phi) is 11.1. The Morgan fingerprint density at radius 2 is 1.42 bits per heavy atom. The second-order valence-corrected chi connectivity index (χ2v) is 6.66. The van der Waals surface area contributed by atoms with Crippen LogP contribution in [0.25, 0.3) is 0 Å². The van der Waals surface area contributed by atoms with Crippen molar-refractivity contribution in [3.63, 3.8) is 0 Å². The average Bonchev–Trinajstić information content (AvgIpc) is 3.16. The van der Waals surface area contributed by atoms with E-state index in [1.54, 1.807) is 42.0 Å². The monoisotopic (exact) mass is 443 g/mol. The number of aromatic nitrogens is 2. The summed E-state index contributed by atoms with van der Waals surface area (Å²) >= 11 is 0. The molecule has 0 aliphatic rings. The summed E-state index contributed by atoms with van der Waals surface area (Å²) in [6.07, 6.45) is 6.01. The molecule has 8 nitrogen and oxygen atoms in total. The van der Waals surface area contributed by atoms with Crippen LogP contribution in [0.5, 0.6) is 0 Å². The summed E-state index contributed by atoms with van der Waals surface area (Å²) in [4.78, 5) is 34.9. The third-order valence-electron chi connectivity index (χ3n) is 3.72. The number of nitrogens with zero attached hydrogens (tertiary/aromatic N) is 3. The number of para-hydroxylation sites is 2. The van der Waals surface area contributed by atoms with Gasteiger partial charge in [-0.05, 0) is 24.3 Å². The highest BCUT2D eigenvalue weighted by atomic mass is 35.5. The van der Waals surface area contributed by atoms with Crippen molar-refractivity contribution in [3.8, 4) is 0 Å². The Morgan fingerprint density at radius 3 is 1.90 bits per heavy atom. The number of hydrogen-bond donors (Lipinski definition) is 2. The summed E-state index contributed by atoms with van der Waals surface area (Å²) in [5.41, 5.74) is 1.52. The largest absolute Gasteiger partial charge is 1.00 e. The lowest BCUT2D eigenvalue weighted by molar-refractivity contribution is -0.683. The van der Waals surface area contributed by atoms with E-state index in [1.807, 2.05) is 60.7 Å². The number of hydrogen-bond acceptors (Lipinski definition) is 3. The lowest BCUT2D eigenvalue weighted by Gasteiger charge is -2.03. The van der Waals surface area contributed by atoms with Gasteiger partial charge >= 0.3 is 0 Å². The van der Waals surface area contributed by atoms with Gasteiger partial charge in [-0.15, -0.1) is 0 Å².